The predicted octanol–water partition coefficient (Wildman–Crippen LogP) is 9.94. The second-order valence-electron chi connectivity index (χ2n) is 12.9. The zero-order valence-corrected chi connectivity index (χ0v) is 33.1. The van der Waals surface area contributed by atoms with E-state index in [1.54, 1.807) is 0 Å². The third-order valence-corrected chi connectivity index (χ3v) is 8.95. The molecule has 3 atom stereocenters. The maximum atomic E-state index is 12.3. The van der Waals surface area contributed by atoms with Gasteiger partial charge in [0, 0.05) is 12.8 Å². The van der Waals surface area contributed by atoms with E-state index in [4.69, 9.17) is 18.5 Å². The average Bonchev–Trinajstić information content (AvgIpc) is 3.13. The number of hydrogen-bond donors (Lipinski definition) is 3. The molecule has 0 aromatic carbocycles. The van der Waals surface area contributed by atoms with Crippen LogP contribution in [0, 0.1) is 0 Å². The molecular formula is C41H71O10P. The van der Waals surface area contributed by atoms with Gasteiger partial charge in [-0.05, 0) is 57.8 Å². The van der Waals surface area contributed by atoms with Gasteiger partial charge in [-0.15, -0.1) is 0 Å². The molecule has 0 saturated heterocycles. The summed E-state index contributed by atoms with van der Waals surface area (Å²) in [5, 5.41) is 19.1. The molecule has 0 fully saturated rings. The minimum absolute atomic E-state index is 0.151. The van der Waals surface area contributed by atoms with Crippen LogP contribution >= 0.6 is 7.82 Å². The quantitative estimate of drug-likeness (QED) is 0.0244. The number of unbranched alkanes of at least 4 members (excludes halogenated alkanes) is 12. The van der Waals surface area contributed by atoms with Crippen molar-refractivity contribution in [2.45, 2.75) is 161 Å². The highest BCUT2D eigenvalue weighted by molar-refractivity contribution is 7.47. The smallest absolute Gasteiger partial charge is 0.457 e. The molecule has 0 amide bonds. The summed E-state index contributed by atoms with van der Waals surface area (Å²) in [5.74, 6) is -1.06. The van der Waals surface area contributed by atoms with E-state index in [1.807, 2.05) is 0 Å². The van der Waals surface area contributed by atoms with Crippen LogP contribution in [0.3, 0.4) is 0 Å². The normalized spacial score (nSPS) is 14.6. The lowest BCUT2D eigenvalue weighted by molar-refractivity contribution is -0.153. The molecule has 0 aliphatic heterocycles. The molecule has 300 valence electrons. The Morgan fingerprint density at radius 3 is 1.31 bits per heavy atom. The van der Waals surface area contributed by atoms with E-state index in [2.05, 4.69) is 74.6 Å². The summed E-state index contributed by atoms with van der Waals surface area (Å²) in [4.78, 5) is 34.3. The standard InChI is InChI=1S/C41H71O10P/c1-3-5-7-9-11-13-15-16-17-18-19-20-21-22-23-25-27-29-31-33-41(45)51-39(35-43)37-49-52(46,47)48-36-38(34-42)50-40(44)32-30-28-26-24-14-12-10-8-6-4-2/h5,7,11,13,16-17,19-20,22-23,38-39,42-43H,3-4,6,8-10,12,14-15,18,21,24-37H2,1-2H3,(H,46,47)/b7-5-,13-11-,17-16-,20-19-,23-22-. The van der Waals surface area contributed by atoms with Gasteiger partial charge in [0.25, 0.3) is 0 Å². The second kappa shape index (κ2) is 37.0. The van der Waals surface area contributed by atoms with Gasteiger partial charge in [0.15, 0.2) is 0 Å². The molecule has 0 aromatic heterocycles. The van der Waals surface area contributed by atoms with Gasteiger partial charge >= 0.3 is 19.8 Å². The van der Waals surface area contributed by atoms with Gasteiger partial charge in [-0.1, -0.05) is 139 Å². The third-order valence-electron chi connectivity index (χ3n) is 7.99. The lowest BCUT2D eigenvalue weighted by atomic mass is 10.1. The number of phosphoric acid groups is 1. The van der Waals surface area contributed by atoms with Crippen LogP contribution in [-0.2, 0) is 32.7 Å². The Morgan fingerprint density at radius 1 is 0.538 bits per heavy atom. The summed E-state index contributed by atoms with van der Waals surface area (Å²) in [6, 6.07) is 0. The monoisotopic (exact) mass is 754 g/mol. The fourth-order valence-corrected chi connectivity index (χ4v) is 5.75. The molecule has 11 heteroatoms. The lowest BCUT2D eigenvalue weighted by Gasteiger charge is -2.20. The Hall–Kier alpha value is -2.33. The fraction of sp³-hybridized carbons (Fsp3) is 0.707. The first-order valence-corrected chi connectivity index (χ1v) is 21.2. The molecule has 52 heavy (non-hydrogen) atoms. The van der Waals surface area contributed by atoms with Crippen LogP contribution in [0.5, 0.6) is 0 Å². The first-order chi connectivity index (χ1) is 25.3. The Bertz CT molecular complexity index is 1050. The SMILES string of the molecule is CC/C=C\C/C=C\C/C=C\C/C=C\C/C=C\CCCCCC(=O)OC(CO)COP(=O)(O)OCC(CO)OC(=O)CCCCCCCCCCCC. The zero-order chi connectivity index (χ0) is 38.4. The number of aliphatic hydroxyl groups is 2. The highest BCUT2D eigenvalue weighted by Crippen LogP contribution is 2.43. The number of carbonyl (C=O) groups excluding carboxylic acids is 2. The van der Waals surface area contributed by atoms with Crippen molar-refractivity contribution in [1.82, 2.24) is 0 Å². The summed E-state index contributed by atoms with van der Waals surface area (Å²) in [6.45, 7) is 2.01. The lowest BCUT2D eigenvalue weighted by Crippen LogP contribution is -2.28. The Kier molecular flexibility index (Phi) is 35.3. The molecule has 0 bridgehead atoms. The van der Waals surface area contributed by atoms with Crippen LogP contribution in [0.1, 0.15) is 149 Å². The van der Waals surface area contributed by atoms with Gasteiger partial charge in [-0.3, -0.25) is 18.6 Å². The first kappa shape index (κ1) is 49.7. The van der Waals surface area contributed by atoms with Crippen molar-refractivity contribution in [3.63, 3.8) is 0 Å². The summed E-state index contributed by atoms with van der Waals surface area (Å²) in [7, 11) is -4.64. The van der Waals surface area contributed by atoms with E-state index in [0.29, 0.717) is 12.8 Å². The molecule has 3 N–H and O–H groups in total. The minimum atomic E-state index is -4.64. The molecule has 0 aromatic rings. The van der Waals surface area contributed by atoms with E-state index >= 15 is 0 Å². The zero-order valence-electron chi connectivity index (χ0n) is 32.3. The Morgan fingerprint density at radius 2 is 0.904 bits per heavy atom. The Balaban J connectivity index is 4.03. The van der Waals surface area contributed by atoms with Gasteiger partial charge in [0.05, 0.1) is 26.4 Å². The van der Waals surface area contributed by atoms with Crippen molar-refractivity contribution in [3.05, 3.63) is 60.8 Å². The third kappa shape index (κ3) is 34.7. The van der Waals surface area contributed by atoms with Crippen LogP contribution in [0.25, 0.3) is 0 Å². The molecule has 3 unspecified atom stereocenters. The highest BCUT2D eigenvalue weighted by Gasteiger charge is 2.27. The first-order valence-electron chi connectivity index (χ1n) is 19.7. The van der Waals surface area contributed by atoms with Gasteiger partial charge in [0.2, 0.25) is 0 Å². The number of ether oxygens (including phenoxy) is 2. The summed E-state index contributed by atoms with van der Waals surface area (Å²) in [6.07, 6.45) is 39.2. The second-order valence-corrected chi connectivity index (χ2v) is 14.3. The molecular weight excluding hydrogens is 683 g/mol. The summed E-state index contributed by atoms with van der Waals surface area (Å²) in [5.41, 5.74) is 0. The van der Waals surface area contributed by atoms with Crippen molar-refractivity contribution in [3.8, 4) is 0 Å². The molecule has 0 spiro atoms. The van der Waals surface area contributed by atoms with Crippen molar-refractivity contribution in [1.29, 1.82) is 0 Å². The topological polar surface area (TPSA) is 149 Å². The van der Waals surface area contributed by atoms with Crippen molar-refractivity contribution >= 4 is 19.8 Å². The van der Waals surface area contributed by atoms with Crippen LogP contribution in [0.4, 0.5) is 0 Å². The number of aliphatic hydroxyl groups excluding tert-OH is 2. The van der Waals surface area contributed by atoms with E-state index in [1.165, 1.54) is 38.5 Å². The van der Waals surface area contributed by atoms with Crippen LogP contribution in [0.2, 0.25) is 0 Å². The molecule has 0 heterocycles. The van der Waals surface area contributed by atoms with E-state index in [0.717, 1.165) is 70.6 Å². The van der Waals surface area contributed by atoms with Gasteiger partial charge < -0.3 is 24.6 Å². The summed E-state index contributed by atoms with van der Waals surface area (Å²) >= 11 is 0. The number of hydrogen-bond acceptors (Lipinski definition) is 9. The van der Waals surface area contributed by atoms with Crippen molar-refractivity contribution in [2.24, 2.45) is 0 Å². The highest BCUT2D eigenvalue weighted by atomic mass is 31.2. The van der Waals surface area contributed by atoms with Crippen LogP contribution < -0.4 is 0 Å². The van der Waals surface area contributed by atoms with Crippen LogP contribution in [0.15, 0.2) is 60.8 Å². The van der Waals surface area contributed by atoms with Gasteiger partial charge in [-0.2, -0.15) is 0 Å². The maximum Gasteiger partial charge on any atom is 0.472 e. The van der Waals surface area contributed by atoms with E-state index < -0.39 is 58.4 Å². The molecule has 0 radical (unpaired) electrons. The molecule has 0 rings (SSSR count). The van der Waals surface area contributed by atoms with E-state index in [-0.39, 0.29) is 12.8 Å². The fourth-order valence-electron chi connectivity index (χ4n) is 4.96. The summed E-state index contributed by atoms with van der Waals surface area (Å²) < 4.78 is 32.4. The number of rotatable bonds is 36. The molecule has 0 aliphatic rings. The molecule has 0 saturated carbocycles. The molecule has 10 nitrogen and oxygen atoms in total. The van der Waals surface area contributed by atoms with Gasteiger partial charge in [-0.25, -0.2) is 4.57 Å². The Labute approximate surface area is 315 Å². The van der Waals surface area contributed by atoms with Crippen molar-refractivity contribution in [2.75, 3.05) is 26.4 Å². The average molecular weight is 755 g/mol. The minimum Gasteiger partial charge on any atom is -0.457 e. The number of esters is 2. The van der Waals surface area contributed by atoms with Crippen molar-refractivity contribution < 1.29 is 47.8 Å². The number of carbonyl (C=O) groups is 2. The van der Waals surface area contributed by atoms with E-state index in [9.17, 15) is 29.3 Å². The number of phosphoric ester groups is 1. The van der Waals surface area contributed by atoms with Crippen LogP contribution in [-0.4, -0.2) is 65.7 Å². The largest absolute Gasteiger partial charge is 0.472 e. The predicted molar refractivity (Wildman–Crippen MR) is 210 cm³/mol. The molecule has 0 aliphatic carbocycles. The maximum absolute atomic E-state index is 12.3. The van der Waals surface area contributed by atoms with Gasteiger partial charge in [0.1, 0.15) is 12.2 Å². The number of allylic oxidation sites excluding steroid dienone is 10.